The Labute approximate surface area is 133 Å². The average Bonchev–Trinajstić information content (AvgIpc) is 2.50. The van der Waals surface area contributed by atoms with Crippen LogP contribution < -0.4 is 10.6 Å². The van der Waals surface area contributed by atoms with Gasteiger partial charge in [-0.05, 0) is 30.8 Å². The summed E-state index contributed by atoms with van der Waals surface area (Å²) in [6.45, 7) is 4.95. The second-order valence-electron chi connectivity index (χ2n) is 5.13. The number of amides is 2. The standard InChI is InChI=1S/C15H30N2O3S/c1-5-7-8-12(6-2)11-16-15(19)17-13(9-10-21-4)14(18)20-3/h12-13H,5-11H2,1-4H3,(H2,16,17,19). The molecule has 0 heterocycles. The van der Waals surface area contributed by atoms with E-state index in [1.165, 1.54) is 20.0 Å². The molecule has 0 bridgehead atoms. The fourth-order valence-corrected chi connectivity index (χ4v) is 2.49. The molecule has 0 fully saturated rings. The molecule has 0 saturated carbocycles. The monoisotopic (exact) mass is 318 g/mol. The van der Waals surface area contributed by atoms with Crippen molar-refractivity contribution in [1.82, 2.24) is 10.6 Å². The van der Waals surface area contributed by atoms with E-state index in [1.54, 1.807) is 11.8 Å². The van der Waals surface area contributed by atoms with Crippen LogP contribution >= 0.6 is 11.8 Å². The summed E-state index contributed by atoms with van der Waals surface area (Å²) in [6.07, 6.45) is 7.07. The minimum absolute atomic E-state index is 0.290. The van der Waals surface area contributed by atoms with Crippen LogP contribution in [0, 0.1) is 5.92 Å². The molecule has 5 nitrogen and oxygen atoms in total. The van der Waals surface area contributed by atoms with Gasteiger partial charge in [-0.2, -0.15) is 11.8 Å². The number of thioether (sulfide) groups is 1. The number of rotatable bonds is 11. The topological polar surface area (TPSA) is 67.4 Å². The third kappa shape index (κ3) is 9.61. The molecule has 0 aromatic heterocycles. The van der Waals surface area contributed by atoms with Gasteiger partial charge in [-0.3, -0.25) is 0 Å². The van der Waals surface area contributed by atoms with Crippen LogP contribution in [0.1, 0.15) is 46.0 Å². The fourth-order valence-electron chi connectivity index (χ4n) is 2.02. The molecule has 0 rings (SSSR count). The molecule has 2 unspecified atom stereocenters. The van der Waals surface area contributed by atoms with Crippen LogP contribution in [0.2, 0.25) is 0 Å². The van der Waals surface area contributed by atoms with Crippen LogP contribution in [0.5, 0.6) is 0 Å². The molecule has 2 amide bonds. The average molecular weight is 318 g/mol. The second-order valence-corrected chi connectivity index (χ2v) is 6.11. The van der Waals surface area contributed by atoms with Crippen LogP contribution in [0.15, 0.2) is 0 Å². The first-order valence-electron chi connectivity index (χ1n) is 7.70. The van der Waals surface area contributed by atoms with Crippen molar-refractivity contribution in [2.75, 3.05) is 25.7 Å². The van der Waals surface area contributed by atoms with Gasteiger partial charge < -0.3 is 15.4 Å². The van der Waals surface area contributed by atoms with Crippen LogP contribution in [0.3, 0.4) is 0 Å². The lowest BCUT2D eigenvalue weighted by molar-refractivity contribution is -0.142. The predicted octanol–water partition coefficient (Wildman–Crippen LogP) is 2.80. The molecule has 124 valence electrons. The normalized spacial score (nSPS) is 13.3. The number of ether oxygens (including phenoxy) is 1. The zero-order chi connectivity index (χ0) is 16.1. The molecule has 2 atom stereocenters. The molecular weight excluding hydrogens is 288 g/mol. The van der Waals surface area contributed by atoms with Crippen LogP contribution in [0.4, 0.5) is 4.79 Å². The molecule has 0 aliphatic carbocycles. The van der Waals surface area contributed by atoms with E-state index in [-0.39, 0.29) is 6.03 Å². The highest BCUT2D eigenvalue weighted by atomic mass is 32.2. The molecular formula is C15H30N2O3S. The maximum atomic E-state index is 11.9. The Morgan fingerprint density at radius 3 is 2.48 bits per heavy atom. The SMILES string of the molecule is CCCCC(CC)CNC(=O)NC(CCSC)C(=O)OC. The molecule has 21 heavy (non-hydrogen) atoms. The van der Waals surface area contributed by atoms with Gasteiger partial charge in [-0.1, -0.05) is 33.1 Å². The minimum atomic E-state index is -0.571. The number of carbonyl (C=O) groups is 2. The number of esters is 1. The Bertz CT molecular complexity index is 301. The van der Waals surface area contributed by atoms with Crippen LogP contribution in [0.25, 0.3) is 0 Å². The number of unbranched alkanes of at least 4 members (excludes halogenated alkanes) is 1. The molecule has 0 aromatic rings. The minimum Gasteiger partial charge on any atom is -0.467 e. The lowest BCUT2D eigenvalue weighted by Gasteiger charge is -2.19. The van der Waals surface area contributed by atoms with Crippen molar-refractivity contribution in [3.8, 4) is 0 Å². The predicted molar refractivity (Wildman–Crippen MR) is 88.6 cm³/mol. The zero-order valence-corrected chi connectivity index (χ0v) is 14.6. The van der Waals surface area contributed by atoms with Crippen LogP contribution in [-0.4, -0.2) is 43.7 Å². The third-order valence-electron chi connectivity index (χ3n) is 3.50. The molecule has 0 radical (unpaired) electrons. The maximum Gasteiger partial charge on any atom is 0.328 e. The van der Waals surface area contributed by atoms with Crippen molar-refractivity contribution >= 4 is 23.8 Å². The van der Waals surface area contributed by atoms with E-state index in [9.17, 15) is 9.59 Å². The van der Waals surface area contributed by atoms with Crippen LogP contribution in [-0.2, 0) is 9.53 Å². The molecule has 0 aliphatic heterocycles. The van der Waals surface area contributed by atoms with Crippen molar-refractivity contribution < 1.29 is 14.3 Å². The van der Waals surface area contributed by atoms with E-state index in [0.717, 1.165) is 18.6 Å². The summed E-state index contributed by atoms with van der Waals surface area (Å²) >= 11 is 1.64. The largest absolute Gasteiger partial charge is 0.467 e. The van der Waals surface area contributed by atoms with Gasteiger partial charge in [0.15, 0.2) is 0 Å². The summed E-state index contributed by atoms with van der Waals surface area (Å²) in [6, 6.07) is -0.861. The summed E-state index contributed by atoms with van der Waals surface area (Å²) in [5.74, 6) is 0.907. The van der Waals surface area contributed by atoms with E-state index >= 15 is 0 Å². The Hall–Kier alpha value is -0.910. The molecule has 2 N–H and O–H groups in total. The number of urea groups is 1. The van der Waals surface area contributed by atoms with Gasteiger partial charge in [-0.15, -0.1) is 0 Å². The highest BCUT2D eigenvalue weighted by molar-refractivity contribution is 7.98. The molecule has 0 saturated heterocycles. The number of carbonyl (C=O) groups excluding carboxylic acids is 2. The van der Waals surface area contributed by atoms with Crippen molar-refractivity contribution in [1.29, 1.82) is 0 Å². The molecule has 6 heteroatoms. The van der Waals surface area contributed by atoms with E-state index in [0.29, 0.717) is 18.9 Å². The van der Waals surface area contributed by atoms with E-state index in [1.807, 2.05) is 6.26 Å². The first kappa shape index (κ1) is 20.1. The smallest absolute Gasteiger partial charge is 0.328 e. The van der Waals surface area contributed by atoms with Gasteiger partial charge in [0.2, 0.25) is 0 Å². The Morgan fingerprint density at radius 2 is 1.95 bits per heavy atom. The first-order valence-corrected chi connectivity index (χ1v) is 9.09. The summed E-state index contributed by atoms with van der Waals surface area (Å²) in [4.78, 5) is 23.5. The third-order valence-corrected chi connectivity index (χ3v) is 4.14. The number of methoxy groups -OCH3 is 1. The first-order chi connectivity index (χ1) is 10.1. The molecule has 0 spiro atoms. The summed E-state index contributed by atoms with van der Waals surface area (Å²) in [5.41, 5.74) is 0. The summed E-state index contributed by atoms with van der Waals surface area (Å²) in [5, 5.41) is 5.56. The summed E-state index contributed by atoms with van der Waals surface area (Å²) in [7, 11) is 1.34. The highest BCUT2D eigenvalue weighted by Gasteiger charge is 2.21. The van der Waals surface area contributed by atoms with Crippen molar-refractivity contribution in [2.24, 2.45) is 5.92 Å². The van der Waals surface area contributed by atoms with Gasteiger partial charge >= 0.3 is 12.0 Å². The van der Waals surface area contributed by atoms with Gasteiger partial charge in [0, 0.05) is 6.54 Å². The Balaban J connectivity index is 4.19. The van der Waals surface area contributed by atoms with Crippen molar-refractivity contribution in [3.05, 3.63) is 0 Å². The lowest BCUT2D eigenvalue weighted by atomic mass is 9.99. The Kier molecular flexibility index (Phi) is 12.2. The number of hydrogen-bond acceptors (Lipinski definition) is 4. The Morgan fingerprint density at radius 1 is 1.24 bits per heavy atom. The van der Waals surface area contributed by atoms with Crippen molar-refractivity contribution in [3.63, 3.8) is 0 Å². The van der Waals surface area contributed by atoms with Crippen molar-refractivity contribution in [2.45, 2.75) is 52.0 Å². The number of nitrogens with one attached hydrogen (secondary N) is 2. The number of hydrogen-bond donors (Lipinski definition) is 2. The second kappa shape index (κ2) is 12.8. The lowest BCUT2D eigenvalue weighted by Crippen LogP contribution is -2.47. The summed E-state index contributed by atoms with van der Waals surface area (Å²) < 4.78 is 4.72. The van der Waals surface area contributed by atoms with E-state index in [4.69, 9.17) is 4.74 Å². The maximum absolute atomic E-state index is 11.9. The van der Waals surface area contributed by atoms with Gasteiger partial charge in [0.1, 0.15) is 6.04 Å². The van der Waals surface area contributed by atoms with Gasteiger partial charge in [-0.25, -0.2) is 9.59 Å². The molecule has 0 aromatic carbocycles. The van der Waals surface area contributed by atoms with E-state index < -0.39 is 12.0 Å². The van der Waals surface area contributed by atoms with Gasteiger partial charge in [0.05, 0.1) is 7.11 Å². The molecule has 0 aliphatic rings. The highest BCUT2D eigenvalue weighted by Crippen LogP contribution is 2.11. The zero-order valence-electron chi connectivity index (χ0n) is 13.7. The quantitative estimate of drug-likeness (QED) is 0.575. The van der Waals surface area contributed by atoms with E-state index in [2.05, 4.69) is 24.5 Å². The fraction of sp³-hybridized carbons (Fsp3) is 0.867. The van der Waals surface area contributed by atoms with Gasteiger partial charge in [0.25, 0.3) is 0 Å².